The third kappa shape index (κ3) is 8.72. The Morgan fingerprint density at radius 1 is 1.08 bits per heavy atom. The fourth-order valence-electron chi connectivity index (χ4n) is 4.88. The Morgan fingerprint density at radius 2 is 1.82 bits per heavy atom. The Labute approximate surface area is 235 Å². The van der Waals surface area contributed by atoms with Crippen molar-refractivity contribution in [3.8, 4) is 0 Å². The summed E-state index contributed by atoms with van der Waals surface area (Å²) in [5.74, 6) is 0.236. The first-order valence-electron chi connectivity index (χ1n) is 13.4. The molecule has 2 aliphatic rings. The molecule has 12 heteroatoms. The van der Waals surface area contributed by atoms with Crippen LogP contribution in [0.3, 0.4) is 0 Å². The molecule has 2 heterocycles. The van der Waals surface area contributed by atoms with Gasteiger partial charge >= 0.3 is 12.0 Å². The number of nitrogens with one attached hydrogen (secondary N) is 3. The highest BCUT2D eigenvalue weighted by Crippen LogP contribution is 2.33. The van der Waals surface area contributed by atoms with Crippen LogP contribution in [0.5, 0.6) is 0 Å². The molecule has 10 nitrogen and oxygen atoms in total. The van der Waals surface area contributed by atoms with Crippen molar-refractivity contribution in [2.24, 2.45) is 5.73 Å². The SMILES string of the molecule is CN(C)c1cccc2c(S(=O)(=O)NCCCCCN)cccc12.O=C(O)CCCC[C@@H]1SC[C@@H]2NC(=O)N[C@@H]21. The first-order valence-corrected chi connectivity index (χ1v) is 16.0. The van der Waals surface area contributed by atoms with E-state index in [2.05, 4.69) is 15.4 Å². The molecule has 2 saturated heterocycles. The first kappa shape index (κ1) is 31.0. The number of carbonyl (C=O) groups is 2. The quantitative estimate of drug-likeness (QED) is 0.179. The predicted octanol–water partition coefficient (Wildman–Crippen LogP) is 3.11. The normalized spacial score (nSPS) is 20.1. The lowest BCUT2D eigenvalue weighted by atomic mass is 10.0. The number of amides is 2. The Bertz CT molecular complexity index is 1220. The van der Waals surface area contributed by atoms with Gasteiger partial charge in [-0.2, -0.15) is 11.8 Å². The van der Waals surface area contributed by atoms with Gasteiger partial charge < -0.3 is 26.4 Å². The second-order valence-corrected chi connectivity index (χ2v) is 13.0. The minimum atomic E-state index is -3.52. The molecule has 0 unspecified atom stereocenters. The van der Waals surface area contributed by atoms with Crippen LogP contribution in [0.2, 0.25) is 0 Å². The zero-order chi connectivity index (χ0) is 28.4. The van der Waals surface area contributed by atoms with E-state index in [9.17, 15) is 18.0 Å². The molecule has 0 bridgehead atoms. The van der Waals surface area contributed by atoms with Gasteiger partial charge in [0.05, 0.1) is 17.0 Å². The van der Waals surface area contributed by atoms with E-state index in [1.54, 1.807) is 12.1 Å². The molecular formula is C27H41N5O5S2. The lowest BCUT2D eigenvalue weighted by Crippen LogP contribution is -2.36. The summed E-state index contributed by atoms with van der Waals surface area (Å²) in [5.41, 5.74) is 6.45. The van der Waals surface area contributed by atoms with E-state index < -0.39 is 16.0 Å². The van der Waals surface area contributed by atoms with E-state index in [4.69, 9.17) is 10.8 Å². The van der Waals surface area contributed by atoms with E-state index in [0.717, 1.165) is 60.7 Å². The number of sulfonamides is 1. The van der Waals surface area contributed by atoms with Crippen molar-refractivity contribution in [1.29, 1.82) is 0 Å². The number of rotatable bonds is 13. The number of benzene rings is 2. The summed E-state index contributed by atoms with van der Waals surface area (Å²) in [4.78, 5) is 23.8. The topological polar surface area (TPSA) is 154 Å². The van der Waals surface area contributed by atoms with Crippen molar-refractivity contribution in [3.63, 3.8) is 0 Å². The largest absolute Gasteiger partial charge is 0.481 e. The van der Waals surface area contributed by atoms with Gasteiger partial charge in [-0.25, -0.2) is 17.9 Å². The molecule has 2 aromatic carbocycles. The summed E-state index contributed by atoms with van der Waals surface area (Å²) < 4.78 is 27.9. The summed E-state index contributed by atoms with van der Waals surface area (Å²) in [5, 5.41) is 16.5. The monoisotopic (exact) mass is 579 g/mol. The summed E-state index contributed by atoms with van der Waals surface area (Å²) in [6, 6.07) is 11.6. The van der Waals surface area contributed by atoms with Crippen molar-refractivity contribution in [2.45, 2.75) is 67.2 Å². The highest BCUT2D eigenvalue weighted by molar-refractivity contribution is 8.00. The van der Waals surface area contributed by atoms with Crippen LogP contribution in [0.25, 0.3) is 10.8 Å². The summed E-state index contributed by atoms with van der Waals surface area (Å²) in [6.45, 7) is 1.08. The average molecular weight is 580 g/mol. The number of nitrogens with zero attached hydrogens (tertiary/aromatic N) is 1. The zero-order valence-electron chi connectivity index (χ0n) is 22.7. The van der Waals surface area contributed by atoms with E-state index in [0.29, 0.717) is 23.2 Å². The summed E-state index contributed by atoms with van der Waals surface area (Å²) in [6.07, 6.45) is 5.52. The number of aliphatic carboxylic acids is 1. The molecule has 2 aromatic rings. The molecule has 0 radical (unpaired) electrons. The van der Waals surface area contributed by atoms with Crippen molar-refractivity contribution in [2.75, 3.05) is 37.8 Å². The van der Waals surface area contributed by atoms with E-state index in [-0.39, 0.29) is 24.5 Å². The lowest BCUT2D eigenvalue weighted by molar-refractivity contribution is -0.137. The van der Waals surface area contributed by atoms with Crippen LogP contribution in [-0.4, -0.2) is 75.8 Å². The van der Waals surface area contributed by atoms with E-state index in [1.165, 1.54) is 0 Å². The molecule has 2 fully saturated rings. The average Bonchev–Trinajstić information content (AvgIpc) is 3.45. The van der Waals surface area contributed by atoms with Crippen LogP contribution in [0.15, 0.2) is 41.3 Å². The van der Waals surface area contributed by atoms with Crippen LogP contribution in [0, 0.1) is 0 Å². The fourth-order valence-corrected chi connectivity index (χ4v) is 7.72. The Hall–Kier alpha value is -2.54. The highest BCUT2D eigenvalue weighted by atomic mass is 32.2. The smallest absolute Gasteiger partial charge is 0.315 e. The molecule has 6 N–H and O–H groups in total. The van der Waals surface area contributed by atoms with Gasteiger partial charge in [-0.1, -0.05) is 37.1 Å². The van der Waals surface area contributed by atoms with E-state index in [1.807, 2.05) is 55.0 Å². The van der Waals surface area contributed by atoms with Crippen LogP contribution < -0.4 is 26.0 Å². The van der Waals surface area contributed by atoms with Crippen LogP contribution >= 0.6 is 11.8 Å². The van der Waals surface area contributed by atoms with Gasteiger partial charge in [-0.3, -0.25) is 4.79 Å². The molecule has 216 valence electrons. The lowest BCUT2D eigenvalue weighted by Gasteiger charge is -2.17. The molecule has 0 spiro atoms. The number of hydrogen-bond acceptors (Lipinski definition) is 7. The number of thioether (sulfide) groups is 1. The second kappa shape index (κ2) is 14.7. The molecule has 39 heavy (non-hydrogen) atoms. The molecular weight excluding hydrogens is 538 g/mol. The number of fused-ring (bicyclic) bond motifs is 2. The minimum absolute atomic E-state index is 0.0640. The first-order chi connectivity index (χ1) is 18.6. The number of carbonyl (C=O) groups excluding carboxylic acids is 1. The molecule has 0 aliphatic carbocycles. The maximum Gasteiger partial charge on any atom is 0.315 e. The third-order valence-corrected chi connectivity index (χ3v) is 9.90. The molecule has 2 amide bonds. The van der Waals surface area contributed by atoms with Crippen molar-refractivity contribution >= 4 is 50.2 Å². The van der Waals surface area contributed by atoms with Gasteiger partial charge in [0, 0.05) is 54.5 Å². The van der Waals surface area contributed by atoms with E-state index >= 15 is 0 Å². The molecule has 4 rings (SSSR count). The van der Waals surface area contributed by atoms with Gasteiger partial charge in [0.15, 0.2) is 0 Å². The number of unbranched alkanes of at least 4 members (excludes halogenated alkanes) is 3. The number of hydrogen-bond donors (Lipinski definition) is 5. The Morgan fingerprint density at radius 3 is 2.54 bits per heavy atom. The molecule has 0 aromatic heterocycles. The third-order valence-electron chi connectivity index (χ3n) is 6.87. The Balaban J connectivity index is 0.000000230. The van der Waals surface area contributed by atoms with Gasteiger partial charge in [-0.15, -0.1) is 0 Å². The van der Waals surface area contributed by atoms with Gasteiger partial charge in [0.2, 0.25) is 10.0 Å². The van der Waals surface area contributed by atoms with Gasteiger partial charge in [-0.05, 0) is 44.4 Å². The Kier molecular flexibility index (Phi) is 11.7. The summed E-state index contributed by atoms with van der Waals surface area (Å²) in [7, 11) is 0.384. The number of nitrogens with two attached hydrogens (primary N) is 1. The fraction of sp³-hybridized carbons (Fsp3) is 0.556. The van der Waals surface area contributed by atoms with Crippen LogP contribution in [-0.2, 0) is 14.8 Å². The van der Waals surface area contributed by atoms with Crippen LogP contribution in [0.1, 0.15) is 44.9 Å². The molecule has 3 atom stereocenters. The highest BCUT2D eigenvalue weighted by Gasteiger charge is 2.42. The van der Waals surface area contributed by atoms with Crippen molar-refractivity contribution in [3.05, 3.63) is 36.4 Å². The number of carboxylic acid groups (broad SMARTS) is 1. The van der Waals surface area contributed by atoms with Crippen molar-refractivity contribution < 1.29 is 23.1 Å². The minimum Gasteiger partial charge on any atom is -0.481 e. The summed E-state index contributed by atoms with van der Waals surface area (Å²) >= 11 is 1.87. The number of carboxylic acids is 1. The zero-order valence-corrected chi connectivity index (χ0v) is 24.3. The second-order valence-electron chi connectivity index (χ2n) is 10.0. The standard InChI is InChI=1S/C17H25N3O2S.C10H16N2O3S/c1-20(2)16-10-6-9-15-14(16)8-7-11-17(15)23(21,22)19-13-5-3-4-12-18;13-8(14)4-2-1-3-7-9-6(5-16-7)11-10(15)12-9/h6-11,19H,3-5,12-13,18H2,1-2H3;6-7,9H,1-5H2,(H,13,14)(H2,11,12,15)/t;6-,7-,9-/m.0/s1. The van der Waals surface area contributed by atoms with Crippen LogP contribution in [0.4, 0.5) is 10.5 Å². The predicted molar refractivity (Wildman–Crippen MR) is 158 cm³/mol. The number of urea groups is 1. The molecule has 2 aliphatic heterocycles. The van der Waals surface area contributed by atoms with Gasteiger partial charge in [0.1, 0.15) is 0 Å². The number of anilines is 1. The van der Waals surface area contributed by atoms with Gasteiger partial charge in [0.25, 0.3) is 0 Å². The van der Waals surface area contributed by atoms with Crippen molar-refractivity contribution in [1.82, 2.24) is 15.4 Å². The maximum atomic E-state index is 12.6. The maximum absolute atomic E-state index is 12.6. The molecule has 0 saturated carbocycles.